The molecule has 0 spiro atoms. The summed E-state index contributed by atoms with van der Waals surface area (Å²) in [6, 6.07) is 0.327. The lowest BCUT2D eigenvalue weighted by molar-refractivity contribution is -0.142. The summed E-state index contributed by atoms with van der Waals surface area (Å²) in [5.74, 6) is -0.765. The molecule has 0 saturated heterocycles. The summed E-state index contributed by atoms with van der Waals surface area (Å²) in [4.78, 5) is 24.7. The second-order valence-electron chi connectivity index (χ2n) is 5.67. The molecule has 0 aromatic rings. The second kappa shape index (κ2) is 7.48. The maximum Gasteiger partial charge on any atom is 0.307 e. The van der Waals surface area contributed by atoms with E-state index < -0.39 is 11.9 Å². The van der Waals surface area contributed by atoms with Crippen molar-refractivity contribution in [2.45, 2.75) is 45.6 Å². The summed E-state index contributed by atoms with van der Waals surface area (Å²) in [5, 5.41) is 11.7. The summed E-state index contributed by atoms with van der Waals surface area (Å²) in [6.45, 7) is 4.64. The van der Waals surface area contributed by atoms with E-state index in [1.165, 1.54) is 12.8 Å². The van der Waals surface area contributed by atoms with Gasteiger partial charge in [-0.15, -0.1) is 0 Å². The summed E-state index contributed by atoms with van der Waals surface area (Å²) in [7, 11) is 1.62. The molecule has 0 aromatic carbocycles. The number of carbonyl (C=O) groups excluding carboxylic acids is 1. The molecular weight excluding hydrogens is 244 g/mol. The molecule has 3 unspecified atom stereocenters. The first kappa shape index (κ1) is 16.0. The number of nitrogens with zero attached hydrogens (tertiary/aromatic N) is 1. The van der Waals surface area contributed by atoms with Crippen molar-refractivity contribution >= 4 is 11.9 Å². The molecule has 2 N–H and O–H groups in total. The Hall–Kier alpha value is -1.10. The lowest BCUT2D eigenvalue weighted by Crippen LogP contribution is -2.48. The number of carboxylic acid groups (broad SMARTS) is 1. The average Bonchev–Trinajstić information content (AvgIpc) is 2.38. The molecule has 0 heterocycles. The van der Waals surface area contributed by atoms with E-state index in [0.717, 1.165) is 12.8 Å². The predicted octanol–water partition coefficient (Wildman–Crippen LogP) is 1.33. The number of aliphatic carboxylic acids is 1. The highest BCUT2D eigenvalue weighted by Crippen LogP contribution is 2.28. The molecule has 1 rings (SSSR count). The maximum atomic E-state index is 11.6. The highest BCUT2D eigenvalue weighted by Gasteiger charge is 2.30. The van der Waals surface area contributed by atoms with Gasteiger partial charge in [0, 0.05) is 19.6 Å². The fourth-order valence-corrected chi connectivity index (χ4v) is 2.85. The molecule has 1 saturated carbocycles. The van der Waals surface area contributed by atoms with Gasteiger partial charge < -0.3 is 10.4 Å². The van der Waals surface area contributed by atoms with Crippen LogP contribution >= 0.6 is 0 Å². The quantitative estimate of drug-likeness (QED) is 0.764. The van der Waals surface area contributed by atoms with Crippen molar-refractivity contribution in [1.82, 2.24) is 10.2 Å². The van der Waals surface area contributed by atoms with Crippen LogP contribution in [-0.2, 0) is 9.59 Å². The van der Waals surface area contributed by atoms with Gasteiger partial charge in [0.15, 0.2) is 0 Å². The summed E-state index contributed by atoms with van der Waals surface area (Å²) >= 11 is 0. The largest absolute Gasteiger partial charge is 0.481 e. The number of hydrogen-bond acceptors (Lipinski definition) is 3. The number of amides is 1. The molecule has 0 aliphatic heterocycles. The van der Waals surface area contributed by atoms with Crippen molar-refractivity contribution in [2.24, 2.45) is 11.8 Å². The van der Waals surface area contributed by atoms with Crippen molar-refractivity contribution in [3.63, 3.8) is 0 Å². The van der Waals surface area contributed by atoms with Crippen molar-refractivity contribution in [3.05, 3.63) is 0 Å². The lowest BCUT2D eigenvalue weighted by Gasteiger charge is -2.39. The first-order chi connectivity index (χ1) is 8.95. The Bertz CT molecular complexity index is 320. The van der Waals surface area contributed by atoms with Gasteiger partial charge in [-0.2, -0.15) is 0 Å². The molecule has 0 radical (unpaired) electrons. The van der Waals surface area contributed by atoms with Crippen LogP contribution in [0.1, 0.15) is 39.5 Å². The maximum absolute atomic E-state index is 11.6. The van der Waals surface area contributed by atoms with E-state index in [2.05, 4.69) is 17.1 Å². The van der Waals surface area contributed by atoms with Gasteiger partial charge in [0.1, 0.15) is 0 Å². The Kier molecular flexibility index (Phi) is 6.28. The molecule has 5 nitrogen and oxygen atoms in total. The first-order valence-electron chi connectivity index (χ1n) is 7.13. The van der Waals surface area contributed by atoms with Gasteiger partial charge in [-0.3, -0.25) is 14.5 Å². The van der Waals surface area contributed by atoms with Gasteiger partial charge in [-0.25, -0.2) is 0 Å². The van der Waals surface area contributed by atoms with Crippen LogP contribution in [0.4, 0.5) is 0 Å². The highest BCUT2D eigenvalue weighted by molar-refractivity contribution is 5.77. The molecule has 1 amide bonds. The zero-order chi connectivity index (χ0) is 14.4. The van der Waals surface area contributed by atoms with Crippen LogP contribution in [-0.4, -0.2) is 48.1 Å². The average molecular weight is 270 g/mol. The predicted molar refractivity (Wildman–Crippen MR) is 73.9 cm³/mol. The number of rotatable bonds is 6. The van der Waals surface area contributed by atoms with Gasteiger partial charge in [-0.05, 0) is 18.8 Å². The molecule has 3 atom stereocenters. The van der Waals surface area contributed by atoms with Crippen molar-refractivity contribution < 1.29 is 14.7 Å². The Morgan fingerprint density at radius 3 is 2.53 bits per heavy atom. The highest BCUT2D eigenvalue weighted by atomic mass is 16.4. The summed E-state index contributed by atoms with van der Waals surface area (Å²) in [6.07, 6.45) is 4.63. The monoisotopic (exact) mass is 270 g/mol. The Morgan fingerprint density at radius 1 is 1.37 bits per heavy atom. The van der Waals surface area contributed by atoms with Gasteiger partial charge in [0.2, 0.25) is 5.91 Å². The first-order valence-corrected chi connectivity index (χ1v) is 7.13. The van der Waals surface area contributed by atoms with E-state index in [1.807, 2.05) is 0 Å². The van der Waals surface area contributed by atoms with Crippen LogP contribution in [0.15, 0.2) is 0 Å². The minimum atomic E-state index is -0.801. The zero-order valence-corrected chi connectivity index (χ0v) is 12.2. The fourth-order valence-electron chi connectivity index (χ4n) is 2.85. The minimum Gasteiger partial charge on any atom is -0.481 e. The molecule has 1 aliphatic carbocycles. The van der Waals surface area contributed by atoms with E-state index in [0.29, 0.717) is 25.0 Å². The zero-order valence-electron chi connectivity index (χ0n) is 12.2. The third kappa shape index (κ3) is 4.82. The minimum absolute atomic E-state index is 0.0460. The number of hydrogen-bond donors (Lipinski definition) is 2. The van der Waals surface area contributed by atoms with Crippen molar-refractivity contribution in [2.75, 3.05) is 20.1 Å². The summed E-state index contributed by atoms with van der Waals surface area (Å²) in [5.41, 5.74) is 0. The van der Waals surface area contributed by atoms with Gasteiger partial charge in [0.25, 0.3) is 0 Å². The molecule has 5 heteroatoms. The van der Waals surface area contributed by atoms with Crippen molar-refractivity contribution in [1.29, 1.82) is 0 Å². The molecule has 0 bridgehead atoms. The molecule has 0 aromatic heterocycles. The fraction of sp³-hybridized carbons (Fsp3) is 0.857. The molecule has 110 valence electrons. The van der Waals surface area contributed by atoms with E-state index in [4.69, 9.17) is 5.11 Å². The lowest BCUT2D eigenvalue weighted by atomic mass is 9.84. The Morgan fingerprint density at radius 2 is 2.00 bits per heavy atom. The number of carboxylic acids is 1. The topological polar surface area (TPSA) is 69.6 Å². The summed E-state index contributed by atoms with van der Waals surface area (Å²) < 4.78 is 0. The van der Waals surface area contributed by atoms with Crippen LogP contribution in [0, 0.1) is 11.8 Å². The van der Waals surface area contributed by atoms with Gasteiger partial charge >= 0.3 is 5.97 Å². The van der Waals surface area contributed by atoms with Crippen LogP contribution in [0.2, 0.25) is 0 Å². The second-order valence-corrected chi connectivity index (χ2v) is 5.67. The van der Waals surface area contributed by atoms with E-state index in [9.17, 15) is 9.59 Å². The van der Waals surface area contributed by atoms with Gasteiger partial charge in [0.05, 0.1) is 12.5 Å². The van der Waals surface area contributed by atoms with Gasteiger partial charge in [-0.1, -0.05) is 26.7 Å². The van der Waals surface area contributed by atoms with Crippen LogP contribution in [0.5, 0.6) is 0 Å². The standard InChI is InChI=1S/C14H26N2O3/c1-10-6-4-5-7-12(10)16(9-13(17)15-3)8-11(2)14(18)19/h10-12H,4-9H2,1-3H3,(H,15,17)(H,18,19). The van der Waals surface area contributed by atoms with Crippen LogP contribution in [0.3, 0.4) is 0 Å². The molecule has 1 aliphatic rings. The SMILES string of the molecule is CNC(=O)CN(CC(C)C(=O)O)C1CCCCC1C. The molecular formula is C14H26N2O3. The Balaban J connectivity index is 2.72. The normalized spacial score (nSPS) is 25.1. The third-order valence-corrected chi connectivity index (χ3v) is 4.09. The smallest absolute Gasteiger partial charge is 0.307 e. The van der Waals surface area contributed by atoms with Crippen molar-refractivity contribution in [3.8, 4) is 0 Å². The molecule has 1 fully saturated rings. The third-order valence-electron chi connectivity index (χ3n) is 4.09. The van der Waals surface area contributed by atoms with E-state index in [1.54, 1.807) is 14.0 Å². The number of likely N-dealkylation sites (N-methyl/N-ethyl adjacent to an activating group) is 1. The molecule has 19 heavy (non-hydrogen) atoms. The number of nitrogens with one attached hydrogen (secondary N) is 1. The van der Waals surface area contributed by atoms with E-state index in [-0.39, 0.29) is 5.91 Å². The van der Waals surface area contributed by atoms with E-state index >= 15 is 0 Å². The van der Waals surface area contributed by atoms with Crippen LogP contribution < -0.4 is 5.32 Å². The van der Waals surface area contributed by atoms with Crippen LogP contribution in [0.25, 0.3) is 0 Å². The Labute approximate surface area is 115 Å². The number of carbonyl (C=O) groups is 2.